The Kier molecular flexibility index (Phi) is 3.95. The second-order valence-corrected chi connectivity index (χ2v) is 5.42. The van der Waals surface area contributed by atoms with E-state index in [1.165, 1.54) is 0 Å². The highest BCUT2D eigenvalue weighted by molar-refractivity contribution is 6.42. The Morgan fingerprint density at radius 3 is 2.47 bits per heavy atom. The van der Waals surface area contributed by atoms with Crippen molar-refractivity contribution in [3.05, 3.63) is 33.8 Å². The number of halogens is 2. The first-order valence-electron chi connectivity index (χ1n) is 5.82. The number of carbonyl (C=O) groups is 1. The predicted octanol–water partition coefficient (Wildman–Crippen LogP) is 3.87. The van der Waals surface area contributed by atoms with Crippen molar-refractivity contribution in [2.45, 2.75) is 19.8 Å². The lowest BCUT2D eigenvalue weighted by Crippen LogP contribution is -2.37. The standard InChI is InChI=1S/C13H15Cl2NO/c1-9-4-6-16(7-5-9)13(17)10-2-3-11(14)12(15)8-10/h2-3,8-9H,4-7H2,1H3. The van der Waals surface area contributed by atoms with Gasteiger partial charge in [0.25, 0.3) is 5.91 Å². The van der Waals surface area contributed by atoms with E-state index >= 15 is 0 Å². The Morgan fingerprint density at radius 2 is 1.88 bits per heavy atom. The van der Waals surface area contributed by atoms with Crippen molar-refractivity contribution in [2.24, 2.45) is 5.92 Å². The molecule has 0 aromatic heterocycles. The molecule has 1 heterocycles. The van der Waals surface area contributed by atoms with Crippen LogP contribution in [0.2, 0.25) is 10.0 Å². The van der Waals surface area contributed by atoms with E-state index in [1.54, 1.807) is 18.2 Å². The van der Waals surface area contributed by atoms with Gasteiger partial charge in [0.05, 0.1) is 10.0 Å². The molecular formula is C13H15Cl2NO. The smallest absolute Gasteiger partial charge is 0.253 e. The fourth-order valence-electron chi connectivity index (χ4n) is 2.02. The molecule has 1 saturated heterocycles. The third-order valence-electron chi connectivity index (χ3n) is 3.24. The number of nitrogens with zero attached hydrogens (tertiary/aromatic N) is 1. The number of amides is 1. The van der Waals surface area contributed by atoms with Crippen LogP contribution < -0.4 is 0 Å². The molecular weight excluding hydrogens is 257 g/mol. The lowest BCUT2D eigenvalue weighted by molar-refractivity contribution is 0.0697. The first-order valence-corrected chi connectivity index (χ1v) is 6.58. The Labute approximate surface area is 112 Å². The zero-order chi connectivity index (χ0) is 12.4. The van der Waals surface area contributed by atoms with Gasteiger partial charge in [-0.1, -0.05) is 30.1 Å². The summed E-state index contributed by atoms with van der Waals surface area (Å²) in [6.45, 7) is 3.89. The third kappa shape index (κ3) is 2.93. The minimum absolute atomic E-state index is 0.0514. The SMILES string of the molecule is CC1CCN(C(=O)c2ccc(Cl)c(Cl)c2)CC1. The molecule has 92 valence electrons. The topological polar surface area (TPSA) is 20.3 Å². The molecule has 1 aromatic carbocycles. The summed E-state index contributed by atoms with van der Waals surface area (Å²) >= 11 is 11.8. The molecule has 0 bridgehead atoms. The van der Waals surface area contributed by atoms with Gasteiger partial charge < -0.3 is 4.90 Å². The van der Waals surface area contributed by atoms with Crippen LogP contribution in [-0.2, 0) is 0 Å². The normalized spacial score (nSPS) is 17.2. The summed E-state index contributed by atoms with van der Waals surface area (Å²) in [7, 11) is 0. The minimum atomic E-state index is 0.0514. The number of likely N-dealkylation sites (tertiary alicyclic amines) is 1. The average molecular weight is 272 g/mol. The van der Waals surface area contributed by atoms with Crippen molar-refractivity contribution in [3.8, 4) is 0 Å². The van der Waals surface area contributed by atoms with Crippen LogP contribution in [0.15, 0.2) is 18.2 Å². The van der Waals surface area contributed by atoms with Crippen molar-refractivity contribution in [3.63, 3.8) is 0 Å². The maximum absolute atomic E-state index is 12.2. The molecule has 0 atom stereocenters. The van der Waals surface area contributed by atoms with Crippen LogP contribution in [0, 0.1) is 5.92 Å². The molecule has 0 N–H and O–H groups in total. The van der Waals surface area contributed by atoms with E-state index in [4.69, 9.17) is 23.2 Å². The Balaban J connectivity index is 2.11. The minimum Gasteiger partial charge on any atom is -0.339 e. The Morgan fingerprint density at radius 1 is 1.24 bits per heavy atom. The van der Waals surface area contributed by atoms with E-state index in [0.717, 1.165) is 25.9 Å². The number of benzene rings is 1. The maximum atomic E-state index is 12.2. The molecule has 17 heavy (non-hydrogen) atoms. The largest absolute Gasteiger partial charge is 0.339 e. The van der Waals surface area contributed by atoms with Crippen LogP contribution in [0.5, 0.6) is 0 Å². The number of piperidine rings is 1. The molecule has 0 unspecified atom stereocenters. The molecule has 4 heteroatoms. The maximum Gasteiger partial charge on any atom is 0.253 e. The molecule has 2 nitrogen and oxygen atoms in total. The van der Waals surface area contributed by atoms with Crippen molar-refractivity contribution < 1.29 is 4.79 Å². The van der Waals surface area contributed by atoms with Gasteiger partial charge in [-0.2, -0.15) is 0 Å². The monoisotopic (exact) mass is 271 g/mol. The van der Waals surface area contributed by atoms with Gasteiger partial charge in [-0.25, -0.2) is 0 Å². The number of hydrogen-bond donors (Lipinski definition) is 0. The first-order chi connectivity index (χ1) is 8.08. The average Bonchev–Trinajstić information content (AvgIpc) is 2.33. The molecule has 0 spiro atoms. The lowest BCUT2D eigenvalue weighted by atomic mass is 9.98. The van der Waals surface area contributed by atoms with E-state index in [9.17, 15) is 4.79 Å². The van der Waals surface area contributed by atoms with Gasteiger partial charge in [0.15, 0.2) is 0 Å². The van der Waals surface area contributed by atoms with E-state index in [0.29, 0.717) is 21.5 Å². The molecule has 1 aliphatic heterocycles. The van der Waals surface area contributed by atoms with Gasteiger partial charge in [-0.3, -0.25) is 4.79 Å². The molecule has 0 aliphatic carbocycles. The van der Waals surface area contributed by atoms with Crippen LogP contribution >= 0.6 is 23.2 Å². The number of carbonyl (C=O) groups excluding carboxylic acids is 1. The number of hydrogen-bond acceptors (Lipinski definition) is 1. The van der Waals surface area contributed by atoms with Gasteiger partial charge in [-0.15, -0.1) is 0 Å². The summed E-state index contributed by atoms with van der Waals surface area (Å²) in [5, 5.41) is 0.915. The zero-order valence-electron chi connectivity index (χ0n) is 9.75. The Hall–Kier alpha value is -0.730. The predicted molar refractivity (Wildman–Crippen MR) is 70.8 cm³/mol. The highest BCUT2D eigenvalue weighted by atomic mass is 35.5. The molecule has 1 aromatic rings. The van der Waals surface area contributed by atoms with E-state index < -0.39 is 0 Å². The summed E-state index contributed by atoms with van der Waals surface area (Å²) in [6, 6.07) is 5.04. The summed E-state index contributed by atoms with van der Waals surface area (Å²) in [5.74, 6) is 0.767. The van der Waals surface area contributed by atoms with Gasteiger partial charge in [0.2, 0.25) is 0 Å². The van der Waals surface area contributed by atoms with Crippen LogP contribution in [-0.4, -0.2) is 23.9 Å². The fraction of sp³-hybridized carbons (Fsp3) is 0.462. The summed E-state index contributed by atoms with van der Waals surface area (Å²) < 4.78 is 0. The quantitative estimate of drug-likeness (QED) is 0.760. The molecule has 0 saturated carbocycles. The van der Waals surface area contributed by atoms with Crippen LogP contribution in [0.3, 0.4) is 0 Å². The van der Waals surface area contributed by atoms with Gasteiger partial charge in [0.1, 0.15) is 0 Å². The van der Waals surface area contributed by atoms with E-state index in [1.807, 2.05) is 4.90 Å². The van der Waals surface area contributed by atoms with Gasteiger partial charge in [0, 0.05) is 18.7 Å². The van der Waals surface area contributed by atoms with Crippen molar-refractivity contribution >= 4 is 29.1 Å². The zero-order valence-corrected chi connectivity index (χ0v) is 11.3. The van der Waals surface area contributed by atoms with E-state index in [-0.39, 0.29) is 5.91 Å². The van der Waals surface area contributed by atoms with Crippen molar-refractivity contribution in [1.29, 1.82) is 0 Å². The van der Waals surface area contributed by atoms with Crippen LogP contribution in [0.25, 0.3) is 0 Å². The summed E-state index contributed by atoms with van der Waals surface area (Å²) in [6.07, 6.45) is 2.15. The molecule has 2 rings (SSSR count). The summed E-state index contributed by atoms with van der Waals surface area (Å²) in [4.78, 5) is 14.1. The second-order valence-electron chi connectivity index (χ2n) is 4.60. The highest BCUT2D eigenvalue weighted by Crippen LogP contribution is 2.24. The molecule has 1 aliphatic rings. The molecule has 1 amide bonds. The van der Waals surface area contributed by atoms with Crippen molar-refractivity contribution in [2.75, 3.05) is 13.1 Å². The summed E-state index contributed by atoms with van der Waals surface area (Å²) in [5.41, 5.74) is 0.619. The lowest BCUT2D eigenvalue weighted by Gasteiger charge is -2.30. The van der Waals surface area contributed by atoms with Crippen LogP contribution in [0.4, 0.5) is 0 Å². The molecule has 0 radical (unpaired) electrons. The first kappa shape index (κ1) is 12.7. The Bertz CT molecular complexity index is 425. The molecule has 1 fully saturated rings. The number of rotatable bonds is 1. The third-order valence-corrected chi connectivity index (χ3v) is 3.98. The second kappa shape index (κ2) is 5.28. The van der Waals surface area contributed by atoms with Gasteiger partial charge in [-0.05, 0) is 37.0 Å². The van der Waals surface area contributed by atoms with Crippen LogP contribution in [0.1, 0.15) is 30.1 Å². The van der Waals surface area contributed by atoms with Gasteiger partial charge >= 0.3 is 0 Å². The highest BCUT2D eigenvalue weighted by Gasteiger charge is 2.21. The van der Waals surface area contributed by atoms with Crippen molar-refractivity contribution in [1.82, 2.24) is 4.90 Å². The van der Waals surface area contributed by atoms with E-state index in [2.05, 4.69) is 6.92 Å². The fourth-order valence-corrected chi connectivity index (χ4v) is 2.32.